The first-order valence-corrected chi connectivity index (χ1v) is 6.14. The number of hydrogen-bond donors (Lipinski definition) is 1. The molecule has 2 rings (SSSR count). The van der Waals surface area contributed by atoms with Crippen LogP contribution in [0.4, 0.5) is 5.69 Å². The van der Waals surface area contributed by atoms with Crippen LogP contribution in [-0.4, -0.2) is 21.0 Å². The number of benzene rings is 1. The van der Waals surface area contributed by atoms with Gasteiger partial charge in [-0.25, -0.2) is 9.78 Å². The molecular weight excluding hydrogens is 323 g/mol. The highest BCUT2D eigenvalue weighted by Crippen LogP contribution is 2.32. The van der Waals surface area contributed by atoms with E-state index < -0.39 is 22.1 Å². The van der Waals surface area contributed by atoms with Gasteiger partial charge in [0.25, 0.3) is 0 Å². The maximum Gasteiger partial charge on any atom is 0.342 e. The summed E-state index contributed by atoms with van der Waals surface area (Å²) < 4.78 is 5.30. The lowest BCUT2D eigenvalue weighted by Gasteiger charge is -2.07. The Kier molecular flexibility index (Phi) is 4.25. The molecule has 0 aliphatic carbocycles. The fourth-order valence-corrected chi connectivity index (χ4v) is 1.79. The standard InChI is InChI=1S/C12H6Cl2N2O5/c13-6-1-2-8(14)10(3-6)21-11-4-7(12(17)18)9(5-15-11)16(19)20/h1-5H,(H,17,18). The van der Waals surface area contributed by atoms with E-state index >= 15 is 0 Å². The maximum absolute atomic E-state index is 11.0. The third-order valence-corrected chi connectivity index (χ3v) is 2.94. The molecule has 0 atom stereocenters. The number of nitrogens with zero attached hydrogens (tertiary/aromatic N) is 2. The minimum Gasteiger partial charge on any atom is -0.477 e. The van der Waals surface area contributed by atoms with Gasteiger partial charge in [0.2, 0.25) is 5.88 Å². The van der Waals surface area contributed by atoms with Crippen molar-refractivity contribution < 1.29 is 19.6 Å². The number of aromatic nitrogens is 1. The first-order chi connectivity index (χ1) is 9.88. The van der Waals surface area contributed by atoms with Gasteiger partial charge in [0.1, 0.15) is 17.5 Å². The number of halogens is 2. The van der Waals surface area contributed by atoms with E-state index in [-0.39, 0.29) is 16.7 Å². The Bertz CT molecular complexity index is 736. The highest BCUT2D eigenvalue weighted by molar-refractivity contribution is 6.34. The van der Waals surface area contributed by atoms with Gasteiger partial charge in [-0.3, -0.25) is 10.1 Å². The normalized spacial score (nSPS) is 10.2. The predicted molar refractivity (Wildman–Crippen MR) is 74.4 cm³/mol. The number of carboxylic acids is 1. The van der Waals surface area contributed by atoms with Gasteiger partial charge in [-0.05, 0) is 12.1 Å². The van der Waals surface area contributed by atoms with Gasteiger partial charge in [0, 0.05) is 17.2 Å². The van der Waals surface area contributed by atoms with Crippen LogP contribution >= 0.6 is 23.2 Å². The van der Waals surface area contributed by atoms with Crippen LogP contribution in [0, 0.1) is 10.1 Å². The summed E-state index contributed by atoms with van der Waals surface area (Å²) in [5.74, 6) is -1.46. The Morgan fingerprint density at radius 1 is 1.33 bits per heavy atom. The lowest BCUT2D eigenvalue weighted by Crippen LogP contribution is -2.04. The summed E-state index contributed by atoms with van der Waals surface area (Å²) in [4.78, 5) is 24.6. The van der Waals surface area contributed by atoms with Crippen LogP contribution in [0.3, 0.4) is 0 Å². The van der Waals surface area contributed by atoms with Crippen LogP contribution < -0.4 is 4.74 Å². The number of hydrogen-bond acceptors (Lipinski definition) is 5. The van der Waals surface area contributed by atoms with E-state index in [1.807, 2.05) is 0 Å². The molecule has 0 fully saturated rings. The average molecular weight is 329 g/mol. The molecule has 1 heterocycles. The molecule has 1 N–H and O–H groups in total. The summed E-state index contributed by atoms with van der Waals surface area (Å²) in [5, 5.41) is 20.3. The zero-order valence-electron chi connectivity index (χ0n) is 10.1. The number of carboxylic acid groups (broad SMARTS) is 1. The Labute approximate surface area is 127 Å². The van der Waals surface area contributed by atoms with E-state index in [1.165, 1.54) is 12.1 Å². The van der Waals surface area contributed by atoms with Crippen molar-refractivity contribution in [3.63, 3.8) is 0 Å². The van der Waals surface area contributed by atoms with E-state index in [0.29, 0.717) is 5.02 Å². The van der Waals surface area contributed by atoms with E-state index in [9.17, 15) is 14.9 Å². The van der Waals surface area contributed by atoms with Gasteiger partial charge in [-0.1, -0.05) is 23.2 Å². The van der Waals surface area contributed by atoms with Crippen LogP contribution in [0.25, 0.3) is 0 Å². The van der Waals surface area contributed by atoms with Gasteiger partial charge in [-0.2, -0.15) is 0 Å². The van der Waals surface area contributed by atoms with Crippen molar-refractivity contribution in [3.8, 4) is 11.6 Å². The second-order valence-corrected chi connectivity index (χ2v) is 4.62. The summed E-state index contributed by atoms with van der Waals surface area (Å²) in [7, 11) is 0. The van der Waals surface area contributed by atoms with E-state index in [1.54, 1.807) is 6.07 Å². The van der Waals surface area contributed by atoms with Crippen LogP contribution in [-0.2, 0) is 0 Å². The number of pyridine rings is 1. The Morgan fingerprint density at radius 3 is 2.67 bits per heavy atom. The van der Waals surface area contributed by atoms with E-state index in [0.717, 1.165) is 12.3 Å². The first kappa shape index (κ1) is 15.0. The molecule has 0 unspecified atom stereocenters. The molecule has 1 aromatic heterocycles. The molecule has 21 heavy (non-hydrogen) atoms. The van der Waals surface area contributed by atoms with Gasteiger partial charge in [0.15, 0.2) is 0 Å². The molecule has 7 nitrogen and oxygen atoms in total. The van der Waals surface area contributed by atoms with Crippen LogP contribution in [0.2, 0.25) is 10.0 Å². The molecule has 108 valence electrons. The smallest absolute Gasteiger partial charge is 0.342 e. The molecule has 0 amide bonds. The number of aromatic carboxylic acids is 1. The van der Waals surface area contributed by atoms with Crippen molar-refractivity contribution in [1.82, 2.24) is 4.98 Å². The second kappa shape index (κ2) is 5.94. The van der Waals surface area contributed by atoms with Crippen molar-refractivity contribution in [2.24, 2.45) is 0 Å². The fraction of sp³-hybridized carbons (Fsp3) is 0. The van der Waals surface area contributed by atoms with Gasteiger partial charge < -0.3 is 9.84 Å². The molecule has 0 aliphatic heterocycles. The zero-order valence-corrected chi connectivity index (χ0v) is 11.6. The average Bonchev–Trinajstić information content (AvgIpc) is 2.42. The fourth-order valence-electron chi connectivity index (χ4n) is 1.47. The Morgan fingerprint density at radius 2 is 2.05 bits per heavy atom. The SMILES string of the molecule is O=C(O)c1cc(Oc2cc(Cl)ccc2Cl)ncc1[N+](=O)[O-]. The van der Waals surface area contributed by atoms with Gasteiger partial charge in [0.05, 0.1) is 9.95 Å². The highest BCUT2D eigenvalue weighted by atomic mass is 35.5. The third kappa shape index (κ3) is 3.39. The quantitative estimate of drug-likeness (QED) is 0.676. The molecule has 0 saturated carbocycles. The summed E-state index contributed by atoms with van der Waals surface area (Å²) in [5.41, 5.74) is -1.17. The van der Waals surface area contributed by atoms with Crippen LogP contribution in [0.15, 0.2) is 30.5 Å². The van der Waals surface area contributed by atoms with Crippen molar-refractivity contribution in [2.45, 2.75) is 0 Å². The molecule has 0 saturated heterocycles. The highest BCUT2D eigenvalue weighted by Gasteiger charge is 2.22. The maximum atomic E-state index is 11.0. The van der Waals surface area contributed by atoms with Crippen molar-refractivity contribution in [2.75, 3.05) is 0 Å². The summed E-state index contributed by atoms with van der Waals surface area (Å²) in [6.07, 6.45) is 0.803. The van der Waals surface area contributed by atoms with Crippen LogP contribution in [0.1, 0.15) is 10.4 Å². The minimum absolute atomic E-state index is 0.151. The van der Waals surface area contributed by atoms with Crippen LogP contribution in [0.5, 0.6) is 11.6 Å². The molecule has 0 aliphatic rings. The minimum atomic E-state index is -1.47. The molecule has 9 heteroatoms. The van der Waals surface area contributed by atoms with Gasteiger partial charge >= 0.3 is 11.7 Å². The van der Waals surface area contributed by atoms with Crippen molar-refractivity contribution >= 4 is 34.9 Å². The molecule has 0 bridgehead atoms. The lowest BCUT2D eigenvalue weighted by atomic mass is 10.2. The Hall–Kier alpha value is -2.38. The molecule has 0 radical (unpaired) electrons. The summed E-state index contributed by atoms with van der Waals surface area (Å²) in [6.45, 7) is 0. The van der Waals surface area contributed by atoms with Gasteiger partial charge in [-0.15, -0.1) is 0 Å². The van der Waals surface area contributed by atoms with Crippen molar-refractivity contribution in [3.05, 3.63) is 56.2 Å². The summed E-state index contributed by atoms with van der Waals surface area (Å²) >= 11 is 11.7. The molecule has 1 aromatic carbocycles. The largest absolute Gasteiger partial charge is 0.477 e. The number of ether oxygens (including phenoxy) is 1. The van der Waals surface area contributed by atoms with Crippen molar-refractivity contribution in [1.29, 1.82) is 0 Å². The lowest BCUT2D eigenvalue weighted by molar-refractivity contribution is -0.385. The first-order valence-electron chi connectivity index (χ1n) is 5.39. The third-order valence-electron chi connectivity index (χ3n) is 2.39. The zero-order chi connectivity index (χ0) is 15.6. The van der Waals surface area contributed by atoms with E-state index in [2.05, 4.69) is 4.98 Å². The number of carbonyl (C=O) groups is 1. The number of nitro groups is 1. The predicted octanol–water partition coefficient (Wildman–Crippen LogP) is 3.79. The summed E-state index contributed by atoms with van der Waals surface area (Å²) in [6, 6.07) is 5.39. The molecular formula is C12H6Cl2N2O5. The molecule has 0 spiro atoms. The Balaban J connectivity index is 2.41. The topological polar surface area (TPSA) is 103 Å². The van der Waals surface area contributed by atoms with E-state index in [4.69, 9.17) is 33.0 Å². The molecule has 2 aromatic rings. The monoisotopic (exact) mass is 328 g/mol. The second-order valence-electron chi connectivity index (χ2n) is 3.78. The number of rotatable bonds is 4.